The van der Waals surface area contributed by atoms with E-state index in [2.05, 4.69) is 6.92 Å². The number of rotatable bonds is 7. The molecule has 0 aliphatic carbocycles. The van der Waals surface area contributed by atoms with Crippen molar-refractivity contribution in [1.82, 2.24) is 4.90 Å². The van der Waals surface area contributed by atoms with Crippen LogP contribution in [0.1, 0.15) is 52.2 Å². The van der Waals surface area contributed by atoms with E-state index < -0.39 is 6.04 Å². The average Bonchev–Trinajstić information content (AvgIpc) is 3.04. The third-order valence-electron chi connectivity index (χ3n) is 5.60. The molecule has 2 heterocycles. The molecule has 2 aromatic carbocycles. The lowest BCUT2D eigenvalue weighted by Gasteiger charge is -2.25. The number of hydrogen-bond acceptors (Lipinski definition) is 5. The summed E-state index contributed by atoms with van der Waals surface area (Å²) in [5.41, 5.74) is 3.36. The number of carbonyl (C=O) groups is 1. The van der Waals surface area contributed by atoms with Crippen LogP contribution in [0.5, 0.6) is 5.75 Å². The summed E-state index contributed by atoms with van der Waals surface area (Å²) in [6.07, 6.45) is 0.921. The smallest absolute Gasteiger partial charge is 0.290 e. The summed E-state index contributed by atoms with van der Waals surface area (Å²) in [5.74, 6) is 0.592. The lowest BCUT2D eigenvalue weighted by Crippen LogP contribution is -2.32. The van der Waals surface area contributed by atoms with Crippen LogP contribution in [0, 0.1) is 13.8 Å². The predicted octanol–water partition coefficient (Wildman–Crippen LogP) is 4.39. The van der Waals surface area contributed by atoms with Gasteiger partial charge in [-0.25, -0.2) is 0 Å². The first-order chi connectivity index (χ1) is 15.0. The molecule has 1 aromatic heterocycles. The van der Waals surface area contributed by atoms with Gasteiger partial charge < -0.3 is 18.8 Å². The first-order valence-electron chi connectivity index (χ1n) is 10.6. The van der Waals surface area contributed by atoms with Crippen LogP contribution in [-0.2, 0) is 4.74 Å². The van der Waals surface area contributed by atoms with Gasteiger partial charge in [-0.05, 0) is 55.2 Å². The fourth-order valence-electron chi connectivity index (χ4n) is 4.21. The van der Waals surface area contributed by atoms with Gasteiger partial charge >= 0.3 is 0 Å². The minimum Gasteiger partial charge on any atom is -0.494 e. The topological polar surface area (TPSA) is 69.0 Å². The number of hydrogen-bond donors (Lipinski definition) is 0. The fourth-order valence-corrected chi connectivity index (χ4v) is 4.21. The molecular formula is C25H27NO5. The Bertz CT molecular complexity index is 1180. The number of amides is 1. The highest BCUT2D eigenvalue weighted by Gasteiger charge is 2.42. The lowest BCUT2D eigenvalue weighted by molar-refractivity contribution is 0.0663. The van der Waals surface area contributed by atoms with Crippen LogP contribution < -0.4 is 10.2 Å². The van der Waals surface area contributed by atoms with E-state index in [-0.39, 0.29) is 17.1 Å². The third-order valence-corrected chi connectivity index (χ3v) is 5.60. The molecule has 0 N–H and O–H groups in total. The van der Waals surface area contributed by atoms with E-state index in [0.717, 1.165) is 28.9 Å². The summed E-state index contributed by atoms with van der Waals surface area (Å²) in [6, 6.07) is 10.8. The van der Waals surface area contributed by atoms with E-state index in [4.69, 9.17) is 13.9 Å². The second-order valence-electron chi connectivity index (χ2n) is 7.94. The molecule has 1 amide bonds. The number of benzene rings is 2. The van der Waals surface area contributed by atoms with E-state index in [0.29, 0.717) is 36.3 Å². The van der Waals surface area contributed by atoms with Crippen LogP contribution in [0.25, 0.3) is 11.0 Å². The quantitative estimate of drug-likeness (QED) is 0.566. The van der Waals surface area contributed by atoms with Crippen molar-refractivity contribution in [2.75, 3.05) is 26.9 Å². The highest BCUT2D eigenvalue weighted by atomic mass is 16.5. The van der Waals surface area contributed by atoms with Gasteiger partial charge in [-0.3, -0.25) is 9.59 Å². The Morgan fingerprint density at radius 2 is 1.81 bits per heavy atom. The van der Waals surface area contributed by atoms with Crippen molar-refractivity contribution in [1.29, 1.82) is 0 Å². The molecule has 0 spiro atoms. The summed E-state index contributed by atoms with van der Waals surface area (Å²) < 4.78 is 17.0. The summed E-state index contributed by atoms with van der Waals surface area (Å²) in [7, 11) is 1.59. The second kappa shape index (κ2) is 8.55. The van der Waals surface area contributed by atoms with Gasteiger partial charge in [-0.1, -0.05) is 25.1 Å². The number of ether oxygens (including phenoxy) is 2. The van der Waals surface area contributed by atoms with Crippen molar-refractivity contribution in [3.05, 3.63) is 74.6 Å². The zero-order chi connectivity index (χ0) is 22.1. The standard InChI is InChI=1S/C25H27NO5/c1-5-11-30-18-8-6-17(7-9-18)21-20-22(27)19-14-15(2)13-16(3)23(19)31-24(20)25(28)26(21)10-12-29-4/h6-9,13-14,21H,5,10-12H2,1-4H3. The van der Waals surface area contributed by atoms with Crippen molar-refractivity contribution in [2.45, 2.75) is 33.2 Å². The Morgan fingerprint density at radius 1 is 1.06 bits per heavy atom. The highest BCUT2D eigenvalue weighted by molar-refractivity contribution is 5.99. The van der Waals surface area contributed by atoms with Crippen molar-refractivity contribution >= 4 is 16.9 Å². The Labute approximate surface area is 181 Å². The molecule has 1 aliphatic heterocycles. The maximum atomic E-state index is 13.6. The number of fused-ring (bicyclic) bond motifs is 2. The molecule has 1 atom stereocenters. The van der Waals surface area contributed by atoms with E-state index >= 15 is 0 Å². The number of carbonyl (C=O) groups excluding carboxylic acids is 1. The number of aryl methyl sites for hydroxylation is 2. The van der Waals surface area contributed by atoms with Crippen LogP contribution in [0.3, 0.4) is 0 Å². The van der Waals surface area contributed by atoms with E-state index in [9.17, 15) is 9.59 Å². The minimum absolute atomic E-state index is 0.122. The Hall–Kier alpha value is -3.12. The SMILES string of the molecule is CCCOc1ccc(C2c3c(oc4c(C)cc(C)cc4c3=O)C(=O)N2CCOC)cc1. The van der Waals surface area contributed by atoms with Crippen molar-refractivity contribution in [3.8, 4) is 5.75 Å². The van der Waals surface area contributed by atoms with Gasteiger partial charge in [0.2, 0.25) is 5.76 Å². The number of nitrogens with zero attached hydrogens (tertiary/aromatic N) is 1. The average molecular weight is 421 g/mol. The first-order valence-corrected chi connectivity index (χ1v) is 10.6. The van der Waals surface area contributed by atoms with Crippen LogP contribution in [0.4, 0.5) is 0 Å². The molecule has 0 fully saturated rings. The fraction of sp³-hybridized carbons (Fsp3) is 0.360. The summed E-state index contributed by atoms with van der Waals surface area (Å²) in [6.45, 7) is 7.24. The van der Waals surface area contributed by atoms with Gasteiger partial charge in [0.15, 0.2) is 5.43 Å². The van der Waals surface area contributed by atoms with Crippen LogP contribution in [0.15, 0.2) is 45.6 Å². The molecule has 0 saturated carbocycles. The summed E-state index contributed by atoms with van der Waals surface area (Å²) >= 11 is 0. The Kier molecular flexibility index (Phi) is 5.83. The van der Waals surface area contributed by atoms with E-state index in [1.165, 1.54) is 0 Å². The van der Waals surface area contributed by atoms with Crippen molar-refractivity contribution in [3.63, 3.8) is 0 Å². The molecule has 6 nitrogen and oxygen atoms in total. The maximum Gasteiger partial charge on any atom is 0.290 e. The maximum absolute atomic E-state index is 13.6. The molecule has 31 heavy (non-hydrogen) atoms. The highest BCUT2D eigenvalue weighted by Crippen LogP contribution is 2.39. The number of methoxy groups -OCH3 is 1. The third kappa shape index (κ3) is 3.72. The van der Waals surface area contributed by atoms with Gasteiger partial charge in [-0.15, -0.1) is 0 Å². The molecule has 162 valence electrons. The molecule has 0 radical (unpaired) electrons. The molecule has 6 heteroatoms. The molecule has 1 aliphatic rings. The second-order valence-corrected chi connectivity index (χ2v) is 7.94. The largest absolute Gasteiger partial charge is 0.494 e. The zero-order valence-corrected chi connectivity index (χ0v) is 18.4. The predicted molar refractivity (Wildman–Crippen MR) is 119 cm³/mol. The van der Waals surface area contributed by atoms with Gasteiger partial charge in [0, 0.05) is 13.7 Å². The van der Waals surface area contributed by atoms with E-state index in [1.807, 2.05) is 50.2 Å². The van der Waals surface area contributed by atoms with Gasteiger partial charge in [0.25, 0.3) is 5.91 Å². The van der Waals surface area contributed by atoms with Gasteiger partial charge in [0.05, 0.1) is 30.2 Å². The molecule has 0 saturated heterocycles. The molecular weight excluding hydrogens is 394 g/mol. The van der Waals surface area contributed by atoms with Crippen LogP contribution in [0.2, 0.25) is 0 Å². The van der Waals surface area contributed by atoms with Crippen LogP contribution >= 0.6 is 0 Å². The molecule has 4 rings (SSSR count). The molecule has 0 bridgehead atoms. The van der Waals surface area contributed by atoms with Crippen LogP contribution in [-0.4, -0.2) is 37.7 Å². The Balaban J connectivity index is 1.88. The first kappa shape index (κ1) is 21.1. The van der Waals surface area contributed by atoms with Gasteiger partial charge in [0.1, 0.15) is 11.3 Å². The van der Waals surface area contributed by atoms with Gasteiger partial charge in [-0.2, -0.15) is 0 Å². The minimum atomic E-state index is -0.528. The Morgan fingerprint density at radius 3 is 2.48 bits per heavy atom. The lowest BCUT2D eigenvalue weighted by atomic mass is 9.97. The zero-order valence-electron chi connectivity index (χ0n) is 18.4. The van der Waals surface area contributed by atoms with Crippen molar-refractivity contribution in [2.24, 2.45) is 0 Å². The monoisotopic (exact) mass is 421 g/mol. The molecule has 3 aromatic rings. The van der Waals surface area contributed by atoms with Crippen molar-refractivity contribution < 1.29 is 18.7 Å². The normalized spacial score (nSPS) is 15.5. The molecule has 1 unspecified atom stereocenters. The summed E-state index contributed by atoms with van der Waals surface area (Å²) in [5, 5.41) is 0.505. The summed E-state index contributed by atoms with van der Waals surface area (Å²) in [4.78, 5) is 28.5. The van der Waals surface area contributed by atoms with E-state index in [1.54, 1.807) is 12.0 Å².